The highest BCUT2D eigenvalue weighted by Gasteiger charge is 2.10. The van der Waals surface area contributed by atoms with Crippen molar-refractivity contribution < 1.29 is 9.53 Å². The van der Waals surface area contributed by atoms with Gasteiger partial charge < -0.3 is 15.8 Å². The van der Waals surface area contributed by atoms with Crippen molar-refractivity contribution >= 4 is 23.0 Å². The third-order valence-electron chi connectivity index (χ3n) is 3.39. The number of hydrogen-bond donors (Lipinski definition) is 2. The molecule has 0 fully saturated rings. The molecule has 2 aromatic carbocycles. The lowest BCUT2D eigenvalue weighted by atomic mass is 10.1. The van der Waals surface area contributed by atoms with Gasteiger partial charge in [-0.05, 0) is 42.7 Å². The molecular formula is C18H22N2O2. The monoisotopic (exact) mass is 298 g/mol. The Labute approximate surface area is 131 Å². The molecule has 4 heteroatoms. The lowest BCUT2D eigenvalue weighted by Crippen LogP contribution is -2.07. The summed E-state index contributed by atoms with van der Waals surface area (Å²) in [5.74, 6) is -0.339. The summed E-state index contributed by atoms with van der Waals surface area (Å²) in [4.78, 5) is 11.8. The summed E-state index contributed by atoms with van der Waals surface area (Å²) in [6.45, 7) is 4.49. The minimum atomic E-state index is -0.339. The fourth-order valence-electron chi connectivity index (χ4n) is 2.18. The maximum Gasteiger partial charge on any atom is 0.338 e. The second-order valence-corrected chi connectivity index (χ2v) is 5.07. The average Bonchev–Trinajstić information content (AvgIpc) is 2.54. The van der Waals surface area contributed by atoms with Crippen LogP contribution in [-0.4, -0.2) is 12.6 Å². The number of ether oxygens (including phenoxy) is 1. The number of hydrogen-bond acceptors (Lipinski definition) is 4. The van der Waals surface area contributed by atoms with E-state index in [-0.39, 0.29) is 5.97 Å². The van der Waals surface area contributed by atoms with Crippen molar-refractivity contribution in [3.05, 3.63) is 53.6 Å². The molecule has 0 saturated heterocycles. The summed E-state index contributed by atoms with van der Waals surface area (Å²) in [5, 5.41) is 3.32. The predicted molar refractivity (Wildman–Crippen MR) is 90.5 cm³/mol. The van der Waals surface area contributed by atoms with Gasteiger partial charge in [-0.1, -0.05) is 32.0 Å². The van der Waals surface area contributed by atoms with Gasteiger partial charge in [-0.25, -0.2) is 4.79 Å². The number of rotatable bonds is 6. The Kier molecular flexibility index (Phi) is 5.42. The van der Waals surface area contributed by atoms with E-state index in [0.717, 1.165) is 24.2 Å². The molecule has 0 radical (unpaired) electrons. The number of aryl methyl sites for hydroxylation is 1. The fourth-order valence-corrected chi connectivity index (χ4v) is 2.18. The highest BCUT2D eigenvalue weighted by molar-refractivity contribution is 5.92. The number of nitrogen functional groups attached to an aromatic ring is 1. The van der Waals surface area contributed by atoms with E-state index in [1.807, 2.05) is 31.2 Å². The molecule has 0 aromatic heterocycles. The minimum absolute atomic E-state index is 0.339. The molecule has 0 bridgehead atoms. The topological polar surface area (TPSA) is 64.3 Å². The second kappa shape index (κ2) is 7.50. The number of benzene rings is 2. The quantitative estimate of drug-likeness (QED) is 0.621. The SMILES string of the molecule is CCCOC(=O)c1ccc(Nc2ccccc2CC)c(N)c1. The van der Waals surface area contributed by atoms with E-state index < -0.39 is 0 Å². The third-order valence-corrected chi connectivity index (χ3v) is 3.39. The van der Waals surface area contributed by atoms with Crippen LogP contribution in [0.2, 0.25) is 0 Å². The highest BCUT2D eigenvalue weighted by atomic mass is 16.5. The molecular weight excluding hydrogens is 276 g/mol. The van der Waals surface area contributed by atoms with Gasteiger partial charge in [0.2, 0.25) is 0 Å². The Morgan fingerprint density at radius 1 is 1.14 bits per heavy atom. The predicted octanol–water partition coefficient (Wildman–Crippen LogP) is 4.14. The zero-order chi connectivity index (χ0) is 15.9. The molecule has 0 aliphatic rings. The standard InChI is InChI=1S/C18H22N2O2/c1-3-11-22-18(21)14-9-10-17(15(19)12-14)20-16-8-6-5-7-13(16)4-2/h5-10,12,20H,3-4,11,19H2,1-2H3. The van der Waals surface area contributed by atoms with E-state index in [0.29, 0.717) is 17.9 Å². The normalized spacial score (nSPS) is 10.3. The number of nitrogens with one attached hydrogen (secondary N) is 1. The van der Waals surface area contributed by atoms with Crippen molar-refractivity contribution in [2.45, 2.75) is 26.7 Å². The molecule has 0 aliphatic carbocycles. The first-order valence-electron chi connectivity index (χ1n) is 7.57. The Hall–Kier alpha value is -2.49. The Balaban J connectivity index is 2.18. The van der Waals surface area contributed by atoms with Gasteiger partial charge in [0, 0.05) is 5.69 Å². The molecule has 0 aliphatic heterocycles. The third kappa shape index (κ3) is 3.79. The largest absolute Gasteiger partial charge is 0.462 e. The van der Waals surface area contributed by atoms with E-state index in [1.165, 1.54) is 5.56 Å². The number of anilines is 3. The van der Waals surface area contributed by atoms with Crippen molar-refractivity contribution in [1.29, 1.82) is 0 Å². The van der Waals surface area contributed by atoms with E-state index >= 15 is 0 Å². The van der Waals surface area contributed by atoms with E-state index in [9.17, 15) is 4.79 Å². The van der Waals surface area contributed by atoms with Crippen molar-refractivity contribution in [2.24, 2.45) is 0 Å². The van der Waals surface area contributed by atoms with Crippen LogP contribution in [0.5, 0.6) is 0 Å². The molecule has 3 N–H and O–H groups in total. The van der Waals surface area contributed by atoms with Crippen molar-refractivity contribution in [1.82, 2.24) is 0 Å². The van der Waals surface area contributed by atoms with Crippen LogP contribution in [0.3, 0.4) is 0 Å². The first kappa shape index (κ1) is 15.9. The van der Waals surface area contributed by atoms with Crippen LogP contribution in [0.15, 0.2) is 42.5 Å². The maximum atomic E-state index is 11.8. The van der Waals surface area contributed by atoms with Crippen molar-refractivity contribution in [2.75, 3.05) is 17.7 Å². The van der Waals surface area contributed by atoms with Crippen LogP contribution in [0, 0.1) is 0 Å². The number of nitrogens with two attached hydrogens (primary N) is 1. The lowest BCUT2D eigenvalue weighted by molar-refractivity contribution is 0.0505. The van der Waals surface area contributed by atoms with Gasteiger partial charge in [-0.15, -0.1) is 0 Å². The van der Waals surface area contributed by atoms with Crippen LogP contribution in [0.25, 0.3) is 0 Å². The van der Waals surface area contributed by atoms with Gasteiger partial charge in [0.05, 0.1) is 23.5 Å². The van der Waals surface area contributed by atoms with Gasteiger partial charge in [-0.2, -0.15) is 0 Å². The average molecular weight is 298 g/mol. The van der Waals surface area contributed by atoms with Crippen molar-refractivity contribution in [3.63, 3.8) is 0 Å². The molecule has 0 atom stereocenters. The van der Waals surface area contributed by atoms with E-state index in [1.54, 1.807) is 12.1 Å². The highest BCUT2D eigenvalue weighted by Crippen LogP contribution is 2.26. The summed E-state index contributed by atoms with van der Waals surface area (Å²) < 4.78 is 5.11. The number of carbonyl (C=O) groups excluding carboxylic acids is 1. The van der Waals surface area contributed by atoms with E-state index in [4.69, 9.17) is 10.5 Å². The van der Waals surface area contributed by atoms with Crippen LogP contribution in [0.1, 0.15) is 36.2 Å². The van der Waals surface area contributed by atoms with Crippen LogP contribution < -0.4 is 11.1 Å². The lowest BCUT2D eigenvalue weighted by Gasteiger charge is -2.13. The van der Waals surface area contributed by atoms with Gasteiger partial charge in [-0.3, -0.25) is 0 Å². The van der Waals surface area contributed by atoms with E-state index in [2.05, 4.69) is 18.3 Å². The molecule has 22 heavy (non-hydrogen) atoms. The summed E-state index contributed by atoms with van der Waals surface area (Å²) in [6.07, 6.45) is 1.74. The molecule has 2 rings (SSSR count). The molecule has 4 nitrogen and oxygen atoms in total. The van der Waals surface area contributed by atoms with Crippen molar-refractivity contribution in [3.8, 4) is 0 Å². The van der Waals surface area contributed by atoms with Crippen LogP contribution >= 0.6 is 0 Å². The smallest absolute Gasteiger partial charge is 0.338 e. The molecule has 0 saturated carbocycles. The van der Waals surface area contributed by atoms with Crippen LogP contribution in [0.4, 0.5) is 17.1 Å². The number of carbonyl (C=O) groups is 1. The molecule has 0 amide bonds. The summed E-state index contributed by atoms with van der Waals surface area (Å²) in [6, 6.07) is 13.3. The number of esters is 1. The molecule has 0 spiro atoms. The number of para-hydroxylation sites is 1. The zero-order valence-corrected chi connectivity index (χ0v) is 13.1. The molecule has 0 unspecified atom stereocenters. The summed E-state index contributed by atoms with van der Waals surface area (Å²) in [7, 11) is 0. The molecule has 116 valence electrons. The van der Waals surface area contributed by atoms with Gasteiger partial charge >= 0.3 is 5.97 Å². The first-order valence-corrected chi connectivity index (χ1v) is 7.57. The van der Waals surface area contributed by atoms with Gasteiger partial charge in [0.25, 0.3) is 0 Å². The first-order chi connectivity index (χ1) is 10.7. The minimum Gasteiger partial charge on any atom is -0.462 e. The zero-order valence-electron chi connectivity index (χ0n) is 13.1. The Morgan fingerprint density at radius 3 is 2.59 bits per heavy atom. The fraction of sp³-hybridized carbons (Fsp3) is 0.278. The molecule has 0 heterocycles. The maximum absolute atomic E-state index is 11.8. The van der Waals surface area contributed by atoms with Crippen LogP contribution in [-0.2, 0) is 11.2 Å². The second-order valence-electron chi connectivity index (χ2n) is 5.07. The Bertz CT molecular complexity index is 653. The molecule has 2 aromatic rings. The summed E-state index contributed by atoms with van der Waals surface area (Å²) >= 11 is 0. The Morgan fingerprint density at radius 2 is 1.91 bits per heavy atom. The van der Waals surface area contributed by atoms with Gasteiger partial charge in [0.1, 0.15) is 0 Å². The summed E-state index contributed by atoms with van der Waals surface area (Å²) in [5.41, 5.74) is 10.1. The van der Waals surface area contributed by atoms with Gasteiger partial charge in [0.15, 0.2) is 0 Å².